The van der Waals surface area contributed by atoms with E-state index in [0.717, 1.165) is 5.56 Å². The Hall–Kier alpha value is -1.86. The van der Waals surface area contributed by atoms with Crippen LogP contribution in [0.2, 0.25) is 0 Å². The molecule has 0 aliphatic heterocycles. The molecule has 0 bridgehead atoms. The molecule has 122 valence electrons. The molecule has 0 saturated heterocycles. The van der Waals surface area contributed by atoms with Crippen LogP contribution in [0, 0.1) is 10.5 Å². The lowest BCUT2D eigenvalue weighted by atomic mass is 10.2. The van der Waals surface area contributed by atoms with E-state index in [1.807, 2.05) is 55.5 Å². The van der Waals surface area contributed by atoms with Gasteiger partial charge < -0.3 is 0 Å². The summed E-state index contributed by atoms with van der Waals surface area (Å²) in [4.78, 5) is 0.307. The first-order valence-corrected chi connectivity index (χ1v) is 9.93. The lowest BCUT2D eigenvalue weighted by Gasteiger charge is -2.25. The molecule has 0 heterocycles. The maximum absolute atomic E-state index is 13.4. The Kier molecular flexibility index (Phi) is 4.91. The lowest BCUT2D eigenvalue weighted by Crippen LogP contribution is -2.27. The molecule has 0 saturated carbocycles. The third kappa shape index (κ3) is 3.32. The molecule has 0 aromatic heterocycles. The number of benzene rings is 3. The van der Waals surface area contributed by atoms with Gasteiger partial charge in [0.05, 0.1) is 11.4 Å². The van der Waals surface area contributed by atoms with Crippen molar-refractivity contribution in [1.29, 1.82) is 0 Å². The Morgan fingerprint density at radius 1 is 0.792 bits per heavy atom. The molecule has 0 atom stereocenters. The Morgan fingerprint density at radius 3 is 1.75 bits per heavy atom. The number of anilines is 2. The van der Waals surface area contributed by atoms with Crippen molar-refractivity contribution in [2.45, 2.75) is 11.8 Å². The van der Waals surface area contributed by atoms with Gasteiger partial charge in [-0.2, -0.15) is 0 Å². The predicted molar refractivity (Wildman–Crippen MR) is 106 cm³/mol. The molecule has 0 radical (unpaired) electrons. The third-order valence-electron chi connectivity index (χ3n) is 3.59. The van der Waals surface area contributed by atoms with Crippen molar-refractivity contribution in [3.8, 4) is 0 Å². The van der Waals surface area contributed by atoms with Crippen LogP contribution in [0.1, 0.15) is 5.56 Å². The summed E-state index contributed by atoms with van der Waals surface area (Å²) >= 11 is 2.08. The summed E-state index contributed by atoms with van der Waals surface area (Å²) in [5.41, 5.74) is 2.25. The Morgan fingerprint density at radius 2 is 1.29 bits per heavy atom. The number of sulfonamides is 1. The molecule has 24 heavy (non-hydrogen) atoms. The summed E-state index contributed by atoms with van der Waals surface area (Å²) in [5, 5.41) is 0. The maximum atomic E-state index is 13.4. The molecule has 0 N–H and O–H groups in total. The number of hydrogen-bond acceptors (Lipinski definition) is 2. The van der Waals surface area contributed by atoms with Crippen LogP contribution >= 0.6 is 22.6 Å². The van der Waals surface area contributed by atoms with Crippen LogP contribution < -0.4 is 4.31 Å². The van der Waals surface area contributed by atoms with Gasteiger partial charge in [-0.05, 0) is 71.5 Å². The Balaban J connectivity index is 2.22. The summed E-state index contributed by atoms with van der Waals surface area (Å²) in [7, 11) is -3.73. The fourth-order valence-corrected chi connectivity index (χ4v) is 5.51. The van der Waals surface area contributed by atoms with Crippen molar-refractivity contribution in [3.63, 3.8) is 0 Å². The van der Waals surface area contributed by atoms with E-state index in [4.69, 9.17) is 0 Å². The van der Waals surface area contributed by atoms with E-state index in [0.29, 0.717) is 19.8 Å². The minimum absolute atomic E-state index is 0.307. The first-order valence-electron chi connectivity index (χ1n) is 7.42. The van der Waals surface area contributed by atoms with Crippen molar-refractivity contribution >= 4 is 44.0 Å². The molecule has 3 nitrogen and oxygen atoms in total. The molecular weight excluding hydrogens is 433 g/mol. The van der Waals surface area contributed by atoms with E-state index in [1.165, 1.54) is 4.31 Å². The van der Waals surface area contributed by atoms with E-state index >= 15 is 0 Å². The van der Waals surface area contributed by atoms with E-state index in [9.17, 15) is 8.42 Å². The first kappa shape index (κ1) is 17.0. The highest BCUT2D eigenvalue weighted by atomic mass is 127. The fourth-order valence-electron chi connectivity index (χ4n) is 2.47. The van der Waals surface area contributed by atoms with Crippen molar-refractivity contribution in [1.82, 2.24) is 0 Å². The number of hydrogen-bond donors (Lipinski definition) is 0. The van der Waals surface area contributed by atoms with Crippen molar-refractivity contribution in [2.24, 2.45) is 0 Å². The summed E-state index contributed by atoms with van der Waals surface area (Å²) in [6.45, 7) is 1.95. The number of para-hydroxylation sites is 2. The third-order valence-corrected chi connectivity index (χ3v) is 6.66. The van der Waals surface area contributed by atoms with E-state index < -0.39 is 10.0 Å². The van der Waals surface area contributed by atoms with Gasteiger partial charge in [-0.3, -0.25) is 0 Å². The molecule has 0 unspecified atom stereocenters. The number of halogens is 1. The van der Waals surface area contributed by atoms with Crippen LogP contribution in [0.25, 0.3) is 0 Å². The van der Waals surface area contributed by atoms with E-state index in [-0.39, 0.29) is 0 Å². The van der Waals surface area contributed by atoms with E-state index in [2.05, 4.69) is 22.6 Å². The second-order valence-electron chi connectivity index (χ2n) is 5.37. The minimum Gasteiger partial charge on any atom is -0.234 e. The number of nitrogens with zero attached hydrogens (tertiary/aromatic N) is 1. The smallest absolute Gasteiger partial charge is 0.234 e. The topological polar surface area (TPSA) is 37.4 Å². The average molecular weight is 449 g/mol. The predicted octanol–water partition coefficient (Wildman–Crippen LogP) is 5.13. The summed E-state index contributed by atoms with van der Waals surface area (Å²) < 4.78 is 28.9. The maximum Gasteiger partial charge on any atom is 0.269 e. The normalized spacial score (nSPS) is 11.2. The molecular formula is C19H16INO2S. The Labute approximate surface area is 156 Å². The van der Waals surface area contributed by atoms with Gasteiger partial charge in [-0.25, -0.2) is 12.7 Å². The summed E-state index contributed by atoms with van der Waals surface area (Å²) in [6.07, 6.45) is 0. The molecule has 3 rings (SSSR count). The highest BCUT2D eigenvalue weighted by molar-refractivity contribution is 14.1. The van der Waals surface area contributed by atoms with Gasteiger partial charge in [0.1, 0.15) is 4.90 Å². The number of aryl methyl sites for hydroxylation is 1. The quantitative estimate of drug-likeness (QED) is 0.519. The number of rotatable bonds is 4. The first-order chi connectivity index (χ1) is 11.5. The van der Waals surface area contributed by atoms with Crippen molar-refractivity contribution in [2.75, 3.05) is 4.31 Å². The largest absolute Gasteiger partial charge is 0.269 e. The zero-order valence-corrected chi connectivity index (χ0v) is 16.0. The second-order valence-corrected chi connectivity index (χ2v) is 8.29. The van der Waals surface area contributed by atoms with Gasteiger partial charge in [-0.1, -0.05) is 42.5 Å². The van der Waals surface area contributed by atoms with Gasteiger partial charge in [0.25, 0.3) is 10.0 Å². The highest BCUT2D eigenvalue weighted by Crippen LogP contribution is 2.33. The van der Waals surface area contributed by atoms with Crippen molar-refractivity contribution in [3.05, 3.63) is 88.0 Å². The fraction of sp³-hybridized carbons (Fsp3) is 0.0526. The van der Waals surface area contributed by atoms with Gasteiger partial charge in [0.2, 0.25) is 0 Å². The van der Waals surface area contributed by atoms with Crippen molar-refractivity contribution < 1.29 is 8.42 Å². The summed E-state index contributed by atoms with van der Waals surface area (Å²) in [6, 6.07) is 23.6. The molecule has 5 heteroatoms. The van der Waals surface area contributed by atoms with Crippen LogP contribution in [0.5, 0.6) is 0 Å². The van der Waals surface area contributed by atoms with Crippen LogP contribution in [0.3, 0.4) is 0 Å². The van der Waals surface area contributed by atoms with E-state index in [1.54, 1.807) is 30.3 Å². The molecule has 0 aliphatic carbocycles. The zero-order valence-electron chi connectivity index (χ0n) is 13.1. The Bertz CT molecular complexity index is 902. The standard InChI is InChI=1S/C19H16INO2S/c1-15-12-13-19(18(20)14-15)24(22,23)21(16-8-4-2-5-9-16)17-10-6-3-7-11-17/h2-14H,1H3. The lowest BCUT2D eigenvalue weighted by molar-refractivity contribution is 0.595. The molecule has 3 aromatic carbocycles. The summed E-state index contributed by atoms with van der Waals surface area (Å²) in [5.74, 6) is 0. The highest BCUT2D eigenvalue weighted by Gasteiger charge is 2.28. The van der Waals surface area contributed by atoms with Gasteiger partial charge >= 0.3 is 0 Å². The van der Waals surface area contributed by atoms with Crippen LogP contribution in [0.15, 0.2) is 83.8 Å². The van der Waals surface area contributed by atoms with Crippen LogP contribution in [-0.4, -0.2) is 8.42 Å². The van der Waals surface area contributed by atoms with Gasteiger partial charge in [0, 0.05) is 3.57 Å². The van der Waals surface area contributed by atoms with Gasteiger partial charge in [0.15, 0.2) is 0 Å². The molecule has 3 aromatic rings. The molecule has 0 amide bonds. The molecule has 0 spiro atoms. The molecule has 0 fully saturated rings. The minimum atomic E-state index is -3.73. The average Bonchev–Trinajstić information content (AvgIpc) is 2.56. The van der Waals surface area contributed by atoms with Crippen LogP contribution in [0.4, 0.5) is 11.4 Å². The monoisotopic (exact) mass is 449 g/mol. The van der Waals surface area contributed by atoms with Crippen LogP contribution in [-0.2, 0) is 10.0 Å². The van der Waals surface area contributed by atoms with Gasteiger partial charge in [-0.15, -0.1) is 0 Å². The molecule has 0 aliphatic rings. The SMILES string of the molecule is Cc1ccc(S(=O)(=O)N(c2ccccc2)c2ccccc2)c(I)c1. The second kappa shape index (κ2) is 6.94. The zero-order chi connectivity index (χ0) is 17.2.